The van der Waals surface area contributed by atoms with Crippen molar-refractivity contribution in [3.63, 3.8) is 0 Å². The Bertz CT molecular complexity index is 1340. The van der Waals surface area contributed by atoms with Crippen LogP contribution >= 0.6 is 0 Å². The number of hydrogen-bond acceptors (Lipinski definition) is 5. The van der Waals surface area contributed by atoms with E-state index < -0.39 is 36.4 Å². The zero-order chi connectivity index (χ0) is 26.2. The number of halogens is 2. The lowest BCUT2D eigenvalue weighted by molar-refractivity contribution is -0.130. The third kappa shape index (κ3) is 4.41. The van der Waals surface area contributed by atoms with Crippen LogP contribution in [-0.4, -0.2) is 47.5 Å². The van der Waals surface area contributed by atoms with Gasteiger partial charge in [0.05, 0.1) is 13.7 Å². The number of carbonyl (C=O) groups is 3. The number of ether oxygens (including phenoxy) is 2. The maximum Gasteiger partial charge on any atom is 0.387 e. The highest BCUT2D eigenvalue weighted by Gasteiger charge is 2.49. The number of amides is 3. The molecule has 0 spiro atoms. The highest BCUT2D eigenvalue weighted by atomic mass is 19.3. The lowest BCUT2D eigenvalue weighted by Crippen LogP contribution is -2.41. The number of hydrogen-bond donors (Lipinski definition) is 1. The number of ketones is 1. The van der Waals surface area contributed by atoms with E-state index in [0.29, 0.717) is 28.3 Å². The first-order valence-electron chi connectivity index (χ1n) is 11.1. The van der Waals surface area contributed by atoms with Crippen LogP contribution < -0.4 is 14.8 Å². The molecule has 36 heavy (non-hydrogen) atoms. The number of Topliss-reactive ketones (excluding diaryl/α,β-unsaturated/α-hetero) is 1. The first-order valence-corrected chi connectivity index (χ1v) is 11.1. The Hall–Kier alpha value is -4.21. The molecule has 1 saturated heterocycles. The maximum absolute atomic E-state index is 13.3. The third-order valence-corrected chi connectivity index (χ3v) is 6.28. The molecule has 1 aromatic heterocycles. The van der Waals surface area contributed by atoms with Gasteiger partial charge in [-0.15, -0.1) is 0 Å². The second-order valence-corrected chi connectivity index (χ2v) is 8.59. The first kappa shape index (κ1) is 24.9. The summed E-state index contributed by atoms with van der Waals surface area (Å²) < 4.78 is 36.3. The summed E-state index contributed by atoms with van der Waals surface area (Å²) in [5.41, 5.74) is 1.49. The van der Waals surface area contributed by atoms with E-state index in [1.165, 1.54) is 19.2 Å². The molecule has 2 aromatic carbocycles. The number of aryl methyl sites for hydroxylation is 1. The van der Waals surface area contributed by atoms with Crippen molar-refractivity contribution in [2.75, 3.05) is 13.7 Å². The summed E-state index contributed by atoms with van der Waals surface area (Å²) in [4.78, 5) is 40.1. The van der Waals surface area contributed by atoms with E-state index in [1.54, 1.807) is 67.8 Å². The Morgan fingerprint density at radius 1 is 1.06 bits per heavy atom. The number of nitrogens with zero attached hydrogens (tertiary/aromatic N) is 2. The maximum atomic E-state index is 13.3. The van der Waals surface area contributed by atoms with Crippen molar-refractivity contribution < 1.29 is 32.6 Å². The highest BCUT2D eigenvalue weighted by molar-refractivity contribution is 6.11. The average molecular weight is 497 g/mol. The molecule has 1 aliphatic rings. The number of nitrogens with one attached hydrogen (secondary N) is 1. The van der Waals surface area contributed by atoms with Crippen molar-refractivity contribution in [3.05, 3.63) is 77.1 Å². The Kier molecular flexibility index (Phi) is 6.53. The predicted octanol–water partition coefficient (Wildman–Crippen LogP) is 4.35. The lowest BCUT2D eigenvalue weighted by atomic mass is 9.92. The van der Waals surface area contributed by atoms with E-state index in [1.807, 2.05) is 0 Å². The van der Waals surface area contributed by atoms with Gasteiger partial charge in [0.2, 0.25) is 0 Å². The molecule has 10 heteroatoms. The molecule has 1 aliphatic heterocycles. The minimum atomic E-state index is -2.92. The number of benzene rings is 2. The quantitative estimate of drug-likeness (QED) is 0.369. The van der Waals surface area contributed by atoms with Crippen molar-refractivity contribution in [1.82, 2.24) is 14.8 Å². The van der Waals surface area contributed by atoms with Crippen LogP contribution in [0, 0.1) is 13.8 Å². The summed E-state index contributed by atoms with van der Waals surface area (Å²) in [6, 6.07) is 13.8. The molecule has 188 valence electrons. The van der Waals surface area contributed by atoms with Crippen LogP contribution in [0.15, 0.2) is 54.6 Å². The molecule has 1 fully saturated rings. The molecule has 0 saturated carbocycles. The van der Waals surface area contributed by atoms with Gasteiger partial charge < -0.3 is 19.4 Å². The van der Waals surface area contributed by atoms with Gasteiger partial charge in [0.1, 0.15) is 17.0 Å². The summed E-state index contributed by atoms with van der Waals surface area (Å²) in [5, 5.41) is 2.69. The molecule has 1 N–H and O–H groups in total. The van der Waals surface area contributed by atoms with Gasteiger partial charge >= 0.3 is 12.6 Å². The van der Waals surface area contributed by atoms with Gasteiger partial charge in [0.25, 0.3) is 5.91 Å². The van der Waals surface area contributed by atoms with Crippen LogP contribution in [0.2, 0.25) is 0 Å². The molecular weight excluding hydrogens is 472 g/mol. The molecular formula is C26H25F2N3O5. The second kappa shape index (κ2) is 9.44. The van der Waals surface area contributed by atoms with Crippen molar-refractivity contribution in [3.8, 4) is 17.2 Å². The van der Waals surface area contributed by atoms with Crippen LogP contribution in [0.3, 0.4) is 0 Å². The standard InChI is InChI=1S/C26H25F2N3O5/c1-15-12-21(16(2)31(15)18-8-10-19(11-9-18)36-24(27)28)22(32)14-30-23(33)26(3,29-25(30)34)17-6-5-7-20(13-17)35-4/h5-13,24H,14H2,1-4H3,(H,29,34)/t26-/m0/s1. The Labute approximate surface area is 206 Å². The summed E-state index contributed by atoms with van der Waals surface area (Å²) in [5.74, 6) is -0.403. The van der Waals surface area contributed by atoms with Crippen LogP contribution in [0.1, 0.15) is 34.2 Å². The third-order valence-electron chi connectivity index (χ3n) is 6.28. The van der Waals surface area contributed by atoms with Crippen molar-refractivity contribution in [2.24, 2.45) is 0 Å². The summed E-state index contributed by atoms with van der Waals surface area (Å²) in [6.07, 6.45) is 0. The molecule has 0 aliphatic carbocycles. The van der Waals surface area contributed by atoms with Crippen LogP contribution in [-0.2, 0) is 10.3 Å². The van der Waals surface area contributed by atoms with E-state index in [2.05, 4.69) is 10.1 Å². The summed E-state index contributed by atoms with van der Waals surface area (Å²) >= 11 is 0. The fraction of sp³-hybridized carbons (Fsp3) is 0.269. The molecule has 2 heterocycles. The van der Waals surface area contributed by atoms with Gasteiger partial charge in [-0.25, -0.2) is 4.79 Å². The number of urea groups is 1. The highest BCUT2D eigenvalue weighted by Crippen LogP contribution is 2.31. The van der Waals surface area contributed by atoms with E-state index >= 15 is 0 Å². The van der Waals surface area contributed by atoms with E-state index in [9.17, 15) is 23.2 Å². The molecule has 3 amide bonds. The minimum Gasteiger partial charge on any atom is -0.497 e. The topological polar surface area (TPSA) is 89.9 Å². The predicted molar refractivity (Wildman–Crippen MR) is 127 cm³/mol. The van der Waals surface area contributed by atoms with Crippen molar-refractivity contribution in [2.45, 2.75) is 32.9 Å². The van der Waals surface area contributed by atoms with Crippen molar-refractivity contribution >= 4 is 17.7 Å². The number of alkyl halides is 2. The Balaban J connectivity index is 1.57. The number of aromatic nitrogens is 1. The number of imide groups is 1. The van der Waals surface area contributed by atoms with Gasteiger partial charge in [0.15, 0.2) is 5.78 Å². The Morgan fingerprint density at radius 2 is 1.75 bits per heavy atom. The fourth-order valence-electron chi connectivity index (χ4n) is 4.42. The SMILES string of the molecule is COc1cccc([C@]2(C)NC(=O)N(CC(=O)c3cc(C)n(-c4ccc(OC(F)F)cc4)c3C)C2=O)c1. The Morgan fingerprint density at radius 3 is 2.39 bits per heavy atom. The zero-order valence-corrected chi connectivity index (χ0v) is 20.2. The fourth-order valence-corrected chi connectivity index (χ4v) is 4.42. The molecule has 3 aromatic rings. The van der Waals surface area contributed by atoms with E-state index in [4.69, 9.17) is 4.74 Å². The molecule has 0 radical (unpaired) electrons. The van der Waals surface area contributed by atoms with Crippen LogP contribution in [0.25, 0.3) is 5.69 Å². The monoisotopic (exact) mass is 497 g/mol. The van der Waals surface area contributed by atoms with Crippen molar-refractivity contribution in [1.29, 1.82) is 0 Å². The molecule has 1 atom stereocenters. The van der Waals surface area contributed by atoms with E-state index in [0.717, 1.165) is 10.6 Å². The minimum absolute atomic E-state index is 0.0187. The smallest absolute Gasteiger partial charge is 0.387 e. The van der Waals surface area contributed by atoms with Gasteiger partial charge in [0, 0.05) is 22.6 Å². The first-order chi connectivity index (χ1) is 17.0. The number of rotatable bonds is 8. The molecule has 8 nitrogen and oxygen atoms in total. The number of carbonyl (C=O) groups excluding carboxylic acids is 3. The van der Waals surface area contributed by atoms with E-state index in [-0.39, 0.29) is 5.75 Å². The van der Waals surface area contributed by atoms with Gasteiger partial charge in [-0.3, -0.25) is 14.5 Å². The van der Waals surface area contributed by atoms with Gasteiger partial charge in [-0.05, 0) is 68.8 Å². The van der Waals surface area contributed by atoms with Crippen LogP contribution in [0.4, 0.5) is 13.6 Å². The zero-order valence-electron chi connectivity index (χ0n) is 20.2. The van der Waals surface area contributed by atoms with Crippen LogP contribution in [0.5, 0.6) is 11.5 Å². The number of methoxy groups -OCH3 is 1. The van der Waals surface area contributed by atoms with Gasteiger partial charge in [-0.1, -0.05) is 12.1 Å². The summed E-state index contributed by atoms with van der Waals surface area (Å²) in [7, 11) is 1.50. The molecule has 0 bridgehead atoms. The molecule has 4 rings (SSSR count). The largest absolute Gasteiger partial charge is 0.497 e. The second-order valence-electron chi connectivity index (χ2n) is 8.59. The summed E-state index contributed by atoms with van der Waals surface area (Å²) in [6.45, 7) is 1.75. The normalized spacial score (nSPS) is 17.5. The average Bonchev–Trinajstić information content (AvgIpc) is 3.26. The lowest BCUT2D eigenvalue weighted by Gasteiger charge is -2.22. The molecule has 0 unspecified atom stereocenters. The van der Waals surface area contributed by atoms with Gasteiger partial charge in [-0.2, -0.15) is 8.78 Å².